The number of amides is 1. The van der Waals surface area contributed by atoms with Crippen LogP contribution in [0.2, 0.25) is 0 Å². The topological polar surface area (TPSA) is 148 Å². The number of carbonyl (C=O) groups excluding carboxylic acids is 1. The van der Waals surface area contributed by atoms with Gasteiger partial charge in [0.05, 0.1) is 55.7 Å². The van der Waals surface area contributed by atoms with E-state index in [1.165, 1.54) is 24.3 Å². The molecule has 0 atom stereocenters. The van der Waals surface area contributed by atoms with E-state index in [1.807, 2.05) is 6.07 Å². The van der Waals surface area contributed by atoms with Crippen LogP contribution in [0.5, 0.6) is 5.75 Å². The Morgan fingerprint density at radius 2 is 1.74 bits per heavy atom. The number of alkyl halides is 3. The summed E-state index contributed by atoms with van der Waals surface area (Å²) in [6.07, 6.45) is -0.432. The zero-order valence-corrected chi connectivity index (χ0v) is 27.5. The third-order valence-electron chi connectivity index (χ3n) is 8.19. The second-order valence-corrected chi connectivity index (χ2v) is 13.5. The van der Waals surface area contributed by atoms with Gasteiger partial charge in [-0.15, -0.1) is 0 Å². The molecule has 0 saturated heterocycles. The fourth-order valence-corrected chi connectivity index (χ4v) is 7.61. The van der Waals surface area contributed by atoms with E-state index in [4.69, 9.17) is 13.8 Å². The molecule has 254 valence electrons. The number of aliphatic hydroxyl groups is 1. The number of benzene rings is 1. The number of fused-ring (bicyclic) bond motifs is 1. The minimum absolute atomic E-state index is 0.115. The zero-order valence-electron chi connectivity index (χ0n) is 26.6. The van der Waals surface area contributed by atoms with Gasteiger partial charge in [0.25, 0.3) is 5.91 Å². The van der Waals surface area contributed by atoms with Crippen molar-refractivity contribution in [1.82, 2.24) is 19.9 Å². The molecule has 2 aromatic heterocycles. The third-order valence-corrected chi connectivity index (χ3v) is 10.2. The maximum absolute atomic E-state index is 14.2. The Morgan fingerprint density at radius 1 is 1.04 bits per heavy atom. The van der Waals surface area contributed by atoms with Crippen molar-refractivity contribution >= 4 is 36.6 Å². The Bertz CT molecular complexity index is 1660. The zero-order chi connectivity index (χ0) is 33.9. The van der Waals surface area contributed by atoms with Crippen LogP contribution in [-0.2, 0) is 32.5 Å². The van der Waals surface area contributed by atoms with Crippen molar-refractivity contribution in [3.05, 3.63) is 58.5 Å². The summed E-state index contributed by atoms with van der Waals surface area (Å²) in [7, 11) is -0.420. The number of ether oxygens (including phenoxy) is 1. The number of nitrogens with zero attached hydrogens (tertiary/aromatic N) is 4. The first kappa shape index (κ1) is 34.6. The number of aromatic nitrogens is 3. The summed E-state index contributed by atoms with van der Waals surface area (Å²) in [6.45, 7) is 4.08. The van der Waals surface area contributed by atoms with Gasteiger partial charge < -0.3 is 34.4 Å². The highest BCUT2D eigenvalue weighted by molar-refractivity contribution is 7.53. The van der Waals surface area contributed by atoms with E-state index in [9.17, 15) is 27.6 Å². The quantitative estimate of drug-likeness (QED) is 0.175. The standard InChI is InChI=1S/C31H38F3N6O6P/c1-5-45-47(43,46-6-2)17-19-13-26(44-4)25(15-35-19)38-30-36-14-23(31(32,33)34)28(39-30)37-24-12-11-21(18-7-9-20(41)10-8-18)22-16-40(3)29(42)27(22)24/h11-15,18,20,41H,5-10,16-17H2,1-4H3,(H2,36,37,38,39). The Labute approximate surface area is 270 Å². The lowest BCUT2D eigenvalue weighted by molar-refractivity contribution is -0.137. The van der Waals surface area contributed by atoms with Crippen molar-refractivity contribution < 1.29 is 41.4 Å². The van der Waals surface area contributed by atoms with E-state index >= 15 is 0 Å². The van der Waals surface area contributed by atoms with E-state index < -0.39 is 25.2 Å². The minimum atomic E-state index is -4.80. The van der Waals surface area contributed by atoms with Gasteiger partial charge in [-0.05, 0) is 62.6 Å². The highest BCUT2D eigenvalue weighted by Gasteiger charge is 2.37. The second kappa shape index (κ2) is 14.1. The number of nitrogens with one attached hydrogen (secondary N) is 2. The Balaban J connectivity index is 1.46. The molecule has 1 aliphatic carbocycles. The van der Waals surface area contributed by atoms with Crippen molar-refractivity contribution in [3.63, 3.8) is 0 Å². The molecule has 0 radical (unpaired) electrons. The van der Waals surface area contributed by atoms with Crippen LogP contribution in [-0.4, -0.2) is 64.3 Å². The van der Waals surface area contributed by atoms with Crippen molar-refractivity contribution in [2.24, 2.45) is 0 Å². The summed E-state index contributed by atoms with van der Waals surface area (Å²) in [4.78, 5) is 27.1. The second-order valence-electron chi connectivity index (χ2n) is 11.4. The van der Waals surface area contributed by atoms with Crippen LogP contribution >= 0.6 is 7.60 Å². The van der Waals surface area contributed by atoms with Crippen molar-refractivity contribution in [2.75, 3.05) is 38.0 Å². The molecule has 1 aromatic carbocycles. The largest absolute Gasteiger partial charge is 0.494 e. The number of hydrogen-bond donors (Lipinski definition) is 3. The first-order valence-electron chi connectivity index (χ1n) is 15.3. The predicted molar refractivity (Wildman–Crippen MR) is 168 cm³/mol. The SMILES string of the molecule is CCOP(=O)(Cc1cc(OC)c(Nc2ncc(C(F)(F)F)c(Nc3ccc(C4CCC(O)CC4)c4c3C(=O)N(C)C4)n2)cn1)OCC. The van der Waals surface area contributed by atoms with Gasteiger partial charge in [0.15, 0.2) is 0 Å². The van der Waals surface area contributed by atoms with Gasteiger partial charge in [-0.2, -0.15) is 18.2 Å². The molecule has 47 heavy (non-hydrogen) atoms. The molecule has 5 rings (SSSR count). The van der Waals surface area contributed by atoms with E-state index in [1.54, 1.807) is 27.0 Å². The van der Waals surface area contributed by atoms with Crippen LogP contribution in [0.15, 0.2) is 30.6 Å². The van der Waals surface area contributed by atoms with Crippen molar-refractivity contribution in [2.45, 2.75) is 70.4 Å². The first-order chi connectivity index (χ1) is 22.4. The van der Waals surface area contributed by atoms with E-state index in [-0.39, 0.29) is 60.4 Å². The predicted octanol–water partition coefficient (Wildman–Crippen LogP) is 6.76. The fourth-order valence-electron chi connectivity index (χ4n) is 5.99. The lowest BCUT2D eigenvalue weighted by Gasteiger charge is -2.27. The summed E-state index contributed by atoms with van der Waals surface area (Å²) < 4.78 is 71.6. The van der Waals surface area contributed by atoms with Crippen LogP contribution < -0.4 is 15.4 Å². The molecule has 2 aliphatic rings. The minimum Gasteiger partial charge on any atom is -0.494 e. The van der Waals surface area contributed by atoms with Crippen LogP contribution in [0, 0.1) is 0 Å². The number of halogens is 3. The molecule has 0 spiro atoms. The molecular weight excluding hydrogens is 640 g/mol. The average Bonchev–Trinajstić information content (AvgIpc) is 3.32. The lowest BCUT2D eigenvalue weighted by Crippen LogP contribution is -2.18. The van der Waals surface area contributed by atoms with Crippen LogP contribution in [0.4, 0.5) is 36.3 Å². The Morgan fingerprint density at radius 3 is 2.38 bits per heavy atom. The summed E-state index contributed by atoms with van der Waals surface area (Å²) in [5.74, 6) is -0.674. The fraction of sp³-hybridized carbons (Fsp3) is 0.484. The van der Waals surface area contributed by atoms with Crippen molar-refractivity contribution in [3.8, 4) is 5.75 Å². The monoisotopic (exact) mass is 678 g/mol. The number of aliphatic hydroxyl groups excluding tert-OH is 1. The molecule has 0 bridgehead atoms. The van der Waals surface area contributed by atoms with E-state index in [2.05, 4.69) is 25.6 Å². The number of carbonyl (C=O) groups is 1. The molecule has 0 unspecified atom stereocenters. The van der Waals surface area contributed by atoms with Crippen molar-refractivity contribution in [1.29, 1.82) is 0 Å². The van der Waals surface area contributed by atoms with Crippen LogP contribution in [0.3, 0.4) is 0 Å². The molecule has 1 fully saturated rings. The maximum atomic E-state index is 14.2. The molecule has 3 N–H and O–H groups in total. The number of pyridine rings is 1. The highest BCUT2D eigenvalue weighted by atomic mass is 31.2. The summed E-state index contributed by atoms with van der Waals surface area (Å²) in [5, 5.41) is 15.6. The third kappa shape index (κ3) is 7.69. The van der Waals surface area contributed by atoms with Gasteiger partial charge >= 0.3 is 13.8 Å². The van der Waals surface area contributed by atoms with Gasteiger partial charge in [0.2, 0.25) is 5.95 Å². The summed E-state index contributed by atoms with van der Waals surface area (Å²) >= 11 is 0. The molecular formula is C31H38F3N6O6P. The van der Waals surface area contributed by atoms with Crippen LogP contribution in [0.25, 0.3) is 0 Å². The molecule has 3 heterocycles. The van der Waals surface area contributed by atoms with Gasteiger partial charge in [0.1, 0.15) is 22.8 Å². The summed E-state index contributed by atoms with van der Waals surface area (Å²) in [5.41, 5.74) is 1.70. The van der Waals surface area contributed by atoms with Gasteiger partial charge in [-0.3, -0.25) is 14.3 Å². The van der Waals surface area contributed by atoms with Gasteiger partial charge in [-0.1, -0.05) is 6.07 Å². The average molecular weight is 679 g/mol. The maximum Gasteiger partial charge on any atom is 0.421 e. The molecule has 1 aliphatic heterocycles. The van der Waals surface area contributed by atoms with E-state index in [0.29, 0.717) is 36.8 Å². The van der Waals surface area contributed by atoms with Crippen LogP contribution in [0.1, 0.15) is 78.2 Å². The first-order valence-corrected chi connectivity index (χ1v) is 17.1. The molecule has 16 heteroatoms. The molecule has 12 nitrogen and oxygen atoms in total. The molecule has 1 amide bonds. The summed E-state index contributed by atoms with van der Waals surface area (Å²) in [6, 6.07) is 4.97. The number of anilines is 4. The molecule has 3 aromatic rings. The Hall–Kier alpha value is -3.78. The highest BCUT2D eigenvalue weighted by Crippen LogP contribution is 2.51. The normalized spacial score (nSPS) is 18.3. The van der Waals surface area contributed by atoms with Gasteiger partial charge in [-0.25, -0.2) is 4.98 Å². The van der Waals surface area contributed by atoms with E-state index in [0.717, 1.165) is 24.0 Å². The number of hydrogen-bond acceptors (Lipinski definition) is 11. The molecule has 1 saturated carbocycles. The van der Waals surface area contributed by atoms with Gasteiger partial charge in [0, 0.05) is 25.9 Å². The lowest BCUT2D eigenvalue weighted by atomic mass is 9.80. The number of methoxy groups -OCH3 is 1. The smallest absolute Gasteiger partial charge is 0.421 e. The number of rotatable bonds is 12. The Kier molecular flexibility index (Phi) is 10.4.